The molecule has 3 aromatic carbocycles. The second-order valence-electron chi connectivity index (χ2n) is 6.75. The second kappa shape index (κ2) is 9.09. The number of halogens is 2. The molecule has 0 spiro atoms. The van der Waals surface area contributed by atoms with Gasteiger partial charge in [-0.2, -0.15) is 0 Å². The van der Waals surface area contributed by atoms with Crippen molar-refractivity contribution in [3.8, 4) is 0 Å². The van der Waals surface area contributed by atoms with Gasteiger partial charge in [0.15, 0.2) is 0 Å². The smallest absolute Gasteiger partial charge is 0.409 e. The number of nitrogens with one attached hydrogen (secondary N) is 2. The van der Waals surface area contributed by atoms with Crippen molar-refractivity contribution in [2.45, 2.75) is 12.8 Å². The Kier molecular flexibility index (Phi) is 6.09. The highest BCUT2D eigenvalue weighted by molar-refractivity contribution is 9.10. The number of alkyl carbamates (subject to hydrolysis) is 1. The van der Waals surface area contributed by atoms with Crippen LogP contribution >= 0.6 is 15.9 Å². The van der Waals surface area contributed by atoms with Crippen molar-refractivity contribution in [2.24, 2.45) is 4.99 Å². The molecule has 1 aliphatic heterocycles. The molecule has 5 nitrogen and oxygen atoms in total. The summed E-state index contributed by atoms with van der Waals surface area (Å²) in [6.45, 7) is 0.497. The van der Waals surface area contributed by atoms with E-state index < -0.39 is 12.3 Å². The molecule has 152 valence electrons. The topological polar surface area (TPSA) is 62.7 Å². The van der Waals surface area contributed by atoms with E-state index in [0.29, 0.717) is 17.8 Å². The van der Waals surface area contributed by atoms with Crippen molar-refractivity contribution in [1.82, 2.24) is 5.32 Å². The lowest BCUT2D eigenvalue weighted by molar-refractivity contribution is 0.136. The molecule has 2 N–H and O–H groups in total. The van der Waals surface area contributed by atoms with E-state index in [-0.39, 0.29) is 12.4 Å². The first kappa shape index (κ1) is 20.1. The van der Waals surface area contributed by atoms with Crippen molar-refractivity contribution in [3.63, 3.8) is 0 Å². The zero-order valence-electron chi connectivity index (χ0n) is 15.9. The molecule has 1 amide bonds. The number of carbonyl (C=O) groups is 1. The average molecular weight is 468 g/mol. The fourth-order valence-corrected chi connectivity index (χ4v) is 3.56. The van der Waals surface area contributed by atoms with E-state index in [1.807, 2.05) is 48.5 Å². The molecule has 0 aromatic heterocycles. The van der Waals surface area contributed by atoms with Crippen LogP contribution in [0.15, 0.2) is 82.3 Å². The van der Waals surface area contributed by atoms with Crippen molar-refractivity contribution in [3.05, 3.63) is 99.8 Å². The van der Waals surface area contributed by atoms with Crippen LogP contribution in [0.5, 0.6) is 0 Å². The van der Waals surface area contributed by atoms with Gasteiger partial charge in [0.1, 0.15) is 18.6 Å². The van der Waals surface area contributed by atoms with Gasteiger partial charge in [-0.1, -0.05) is 58.4 Å². The number of hydrogen-bond acceptors (Lipinski definition) is 4. The predicted octanol–water partition coefficient (Wildman–Crippen LogP) is 5.10. The molecule has 0 fully saturated rings. The van der Waals surface area contributed by atoms with Crippen molar-refractivity contribution >= 4 is 33.4 Å². The maximum atomic E-state index is 14.6. The number of carbonyl (C=O) groups excluding carboxylic acids is 1. The summed E-state index contributed by atoms with van der Waals surface area (Å²) in [7, 11) is 0. The molecular formula is C23H19BrFN3O2. The minimum absolute atomic E-state index is 0.157. The van der Waals surface area contributed by atoms with E-state index in [4.69, 9.17) is 4.74 Å². The normalized spacial score (nSPS) is 15.3. The van der Waals surface area contributed by atoms with E-state index in [1.54, 1.807) is 18.2 Å². The van der Waals surface area contributed by atoms with E-state index >= 15 is 0 Å². The summed E-state index contributed by atoms with van der Waals surface area (Å²) in [4.78, 5) is 17.0. The van der Waals surface area contributed by atoms with E-state index in [1.165, 1.54) is 6.07 Å². The van der Waals surface area contributed by atoms with Gasteiger partial charge in [0.05, 0.1) is 12.3 Å². The molecule has 30 heavy (non-hydrogen) atoms. The maximum Gasteiger partial charge on any atom is 0.409 e. The summed E-state index contributed by atoms with van der Waals surface area (Å²) in [5, 5.41) is 6.03. The molecule has 0 saturated heterocycles. The fourth-order valence-electron chi connectivity index (χ4n) is 3.20. The molecule has 1 heterocycles. The van der Waals surface area contributed by atoms with Gasteiger partial charge in [-0.15, -0.1) is 0 Å². The highest BCUT2D eigenvalue weighted by Crippen LogP contribution is 2.27. The second-order valence-corrected chi connectivity index (χ2v) is 7.67. The van der Waals surface area contributed by atoms with Crippen molar-refractivity contribution in [2.75, 3.05) is 11.9 Å². The Hall–Kier alpha value is -3.19. The van der Waals surface area contributed by atoms with Gasteiger partial charge >= 0.3 is 6.09 Å². The summed E-state index contributed by atoms with van der Waals surface area (Å²) >= 11 is 3.47. The number of aliphatic imine (C=N–C) groups is 1. The molecule has 1 aliphatic rings. The number of hydrogen-bond donors (Lipinski definition) is 2. The van der Waals surface area contributed by atoms with Gasteiger partial charge in [0, 0.05) is 21.3 Å². The zero-order valence-corrected chi connectivity index (χ0v) is 17.5. The highest BCUT2D eigenvalue weighted by Gasteiger charge is 2.23. The molecule has 1 atom stereocenters. The lowest BCUT2D eigenvalue weighted by atomic mass is 10.0. The van der Waals surface area contributed by atoms with Gasteiger partial charge < -0.3 is 10.1 Å². The van der Waals surface area contributed by atoms with Crippen LogP contribution in [0.2, 0.25) is 0 Å². The lowest BCUT2D eigenvalue weighted by Gasteiger charge is -2.15. The molecule has 3 aromatic rings. The summed E-state index contributed by atoms with van der Waals surface area (Å²) in [6.07, 6.45) is -1.22. The SMILES string of the molecule is O=C(NC1CNc2ccc(Br)cc2C(c2ccccc2F)=N1)OCc1ccccc1. The van der Waals surface area contributed by atoms with Gasteiger partial charge in [0.2, 0.25) is 0 Å². The molecule has 0 bridgehead atoms. The van der Waals surface area contributed by atoms with Crippen molar-refractivity contribution in [1.29, 1.82) is 0 Å². The zero-order chi connectivity index (χ0) is 20.9. The Morgan fingerprint density at radius 3 is 2.67 bits per heavy atom. The monoisotopic (exact) mass is 467 g/mol. The number of ether oxygens (including phenoxy) is 1. The van der Waals surface area contributed by atoms with E-state index in [9.17, 15) is 9.18 Å². The van der Waals surface area contributed by atoms with Crippen molar-refractivity contribution < 1.29 is 13.9 Å². The maximum absolute atomic E-state index is 14.6. The van der Waals surface area contributed by atoms with Crippen LogP contribution in [-0.2, 0) is 11.3 Å². The highest BCUT2D eigenvalue weighted by atomic mass is 79.9. The standard InChI is InChI=1S/C23H19BrFN3O2/c24-16-10-11-20-18(12-16)22(17-8-4-5-9-19(17)25)27-21(13-26-20)28-23(29)30-14-15-6-2-1-3-7-15/h1-12,21,26H,13-14H2,(H,28,29). The molecule has 0 aliphatic carbocycles. The first-order valence-corrected chi connectivity index (χ1v) is 10.2. The molecule has 0 radical (unpaired) electrons. The van der Waals surface area contributed by atoms with Gasteiger partial charge in [0.25, 0.3) is 0 Å². The first-order chi connectivity index (χ1) is 14.6. The Morgan fingerprint density at radius 1 is 1.10 bits per heavy atom. The number of anilines is 1. The minimum Gasteiger partial charge on any atom is -0.445 e. The van der Waals surface area contributed by atoms with Gasteiger partial charge in [-0.05, 0) is 35.9 Å². The third kappa shape index (κ3) is 4.68. The van der Waals surface area contributed by atoms with E-state index in [0.717, 1.165) is 21.3 Å². The van der Waals surface area contributed by atoms with Crippen LogP contribution in [0, 0.1) is 5.82 Å². The largest absolute Gasteiger partial charge is 0.445 e. The molecule has 4 rings (SSSR count). The molecular weight excluding hydrogens is 449 g/mol. The Balaban J connectivity index is 1.59. The minimum atomic E-state index is -0.631. The summed E-state index contributed by atoms with van der Waals surface area (Å²) in [5.74, 6) is -0.380. The van der Waals surface area contributed by atoms with Crippen LogP contribution < -0.4 is 10.6 Å². The van der Waals surface area contributed by atoms with Crippen LogP contribution in [0.3, 0.4) is 0 Å². The van der Waals surface area contributed by atoms with Crippen LogP contribution in [0.4, 0.5) is 14.9 Å². The van der Waals surface area contributed by atoms with Gasteiger partial charge in [-0.25, -0.2) is 9.18 Å². The predicted molar refractivity (Wildman–Crippen MR) is 118 cm³/mol. The number of benzene rings is 3. The molecule has 0 saturated carbocycles. The first-order valence-electron chi connectivity index (χ1n) is 9.44. The fraction of sp³-hybridized carbons (Fsp3) is 0.130. The van der Waals surface area contributed by atoms with Crippen LogP contribution in [0.1, 0.15) is 16.7 Å². The Bertz CT molecular complexity index is 1090. The average Bonchev–Trinajstić information content (AvgIpc) is 2.93. The van der Waals surface area contributed by atoms with Gasteiger partial charge in [-0.3, -0.25) is 10.3 Å². The molecule has 1 unspecified atom stereocenters. The number of amides is 1. The number of fused-ring (bicyclic) bond motifs is 1. The number of benzodiazepines with no additional fused rings is 1. The summed E-state index contributed by atoms with van der Waals surface area (Å²) < 4.78 is 20.7. The third-order valence-corrected chi connectivity index (χ3v) is 5.13. The summed E-state index contributed by atoms with van der Waals surface area (Å²) in [6, 6.07) is 21.5. The molecule has 7 heteroatoms. The lowest BCUT2D eigenvalue weighted by Crippen LogP contribution is -2.38. The van der Waals surface area contributed by atoms with E-state index in [2.05, 4.69) is 31.6 Å². The van der Waals surface area contributed by atoms with Crippen LogP contribution in [-0.4, -0.2) is 24.5 Å². The quantitative estimate of drug-likeness (QED) is 0.560. The number of nitrogens with zero attached hydrogens (tertiary/aromatic N) is 1. The number of rotatable bonds is 4. The Morgan fingerprint density at radius 2 is 1.87 bits per heavy atom. The Labute approximate surface area is 182 Å². The summed E-state index contributed by atoms with van der Waals surface area (Å²) in [5.41, 5.74) is 3.27. The third-order valence-electron chi connectivity index (χ3n) is 4.63. The van der Waals surface area contributed by atoms with Crippen LogP contribution in [0.25, 0.3) is 0 Å².